The maximum Gasteiger partial charge on any atom is 0.192 e. The molecule has 3 fully saturated rings. The summed E-state index contributed by atoms with van der Waals surface area (Å²) >= 11 is 6.57. The quantitative estimate of drug-likeness (QED) is 0.484. The van der Waals surface area contributed by atoms with Gasteiger partial charge in [0.05, 0.1) is 17.6 Å². The first kappa shape index (κ1) is 21.1. The molecule has 0 heterocycles. The molecule has 0 radical (unpaired) electrons. The maximum atomic E-state index is 16.9. The zero-order valence-electron chi connectivity index (χ0n) is 16.3. The zero-order valence-corrected chi connectivity index (χ0v) is 17.1. The molecule has 0 bridgehead atoms. The number of carbonyl (C=O) groups excluding carboxylic acids is 2. The van der Waals surface area contributed by atoms with Crippen molar-refractivity contribution < 1.29 is 34.4 Å². The van der Waals surface area contributed by atoms with E-state index in [9.17, 15) is 30.0 Å². The Balaban J connectivity index is 1.87. The van der Waals surface area contributed by atoms with Crippen LogP contribution >= 0.6 is 11.6 Å². The minimum atomic E-state index is -2.29. The number of halogens is 2. The first-order valence-electron chi connectivity index (χ1n) is 9.88. The van der Waals surface area contributed by atoms with Crippen LogP contribution in [-0.2, 0) is 9.59 Å². The number of hydrogen-bond donors (Lipinski definition) is 4. The molecular formula is C21H26ClFO6. The molecule has 6 unspecified atom stereocenters. The molecular weight excluding hydrogens is 403 g/mol. The Bertz CT molecular complexity index is 843. The third kappa shape index (κ3) is 2.26. The second-order valence-corrected chi connectivity index (χ2v) is 9.99. The van der Waals surface area contributed by atoms with Gasteiger partial charge < -0.3 is 20.4 Å². The average Bonchev–Trinajstić information content (AvgIpc) is 2.86. The van der Waals surface area contributed by atoms with Crippen molar-refractivity contribution in [2.24, 2.45) is 22.7 Å². The van der Waals surface area contributed by atoms with Crippen molar-refractivity contribution in [3.8, 4) is 0 Å². The SMILES string of the molecule is CC12C=CC(=O)C=C1[C@@H](Cl)CC1C3CC(O)[C@](O)(C(=O)CO)C3(C)CC(O)[C@@]12F. The molecule has 0 aromatic heterocycles. The number of allylic oxidation sites excluding steroid dienone is 4. The molecule has 0 amide bonds. The second-order valence-electron chi connectivity index (χ2n) is 9.46. The fraction of sp³-hybridized carbons (Fsp3) is 0.714. The maximum absolute atomic E-state index is 16.9. The zero-order chi connectivity index (χ0) is 21.6. The Morgan fingerprint density at radius 1 is 1.24 bits per heavy atom. The highest BCUT2D eigenvalue weighted by Crippen LogP contribution is 2.70. The number of aliphatic hydroxyl groups excluding tert-OH is 3. The van der Waals surface area contributed by atoms with Crippen molar-refractivity contribution in [2.75, 3.05) is 6.61 Å². The van der Waals surface area contributed by atoms with Crippen LogP contribution in [0.3, 0.4) is 0 Å². The van der Waals surface area contributed by atoms with E-state index >= 15 is 4.39 Å². The molecule has 6 nitrogen and oxygen atoms in total. The number of aliphatic hydroxyl groups is 4. The average molecular weight is 429 g/mol. The molecule has 3 saturated carbocycles. The first-order valence-corrected chi connectivity index (χ1v) is 10.3. The van der Waals surface area contributed by atoms with E-state index in [1.165, 1.54) is 18.2 Å². The van der Waals surface area contributed by atoms with Gasteiger partial charge in [0.15, 0.2) is 22.8 Å². The van der Waals surface area contributed by atoms with Crippen molar-refractivity contribution in [2.45, 2.75) is 62.0 Å². The molecule has 4 aliphatic rings. The monoisotopic (exact) mass is 428 g/mol. The van der Waals surface area contributed by atoms with Gasteiger partial charge in [0.1, 0.15) is 6.61 Å². The molecule has 0 aromatic rings. The van der Waals surface area contributed by atoms with Crippen LogP contribution in [0.1, 0.15) is 33.1 Å². The number of alkyl halides is 2. The molecule has 160 valence electrons. The third-order valence-electron chi connectivity index (χ3n) is 8.42. The van der Waals surface area contributed by atoms with Gasteiger partial charge >= 0.3 is 0 Å². The first-order chi connectivity index (χ1) is 13.4. The molecule has 4 rings (SSSR count). The van der Waals surface area contributed by atoms with Gasteiger partial charge in [-0.15, -0.1) is 11.6 Å². The van der Waals surface area contributed by atoms with Crippen molar-refractivity contribution in [3.63, 3.8) is 0 Å². The Hall–Kier alpha value is -1.12. The lowest BCUT2D eigenvalue weighted by Gasteiger charge is -2.63. The van der Waals surface area contributed by atoms with Crippen LogP contribution in [0.5, 0.6) is 0 Å². The smallest absolute Gasteiger partial charge is 0.192 e. The van der Waals surface area contributed by atoms with Crippen molar-refractivity contribution in [3.05, 3.63) is 23.8 Å². The predicted molar refractivity (Wildman–Crippen MR) is 102 cm³/mol. The van der Waals surface area contributed by atoms with Gasteiger partial charge in [-0.3, -0.25) is 9.59 Å². The van der Waals surface area contributed by atoms with Crippen LogP contribution in [0.15, 0.2) is 23.8 Å². The minimum absolute atomic E-state index is 0.0524. The highest BCUT2D eigenvalue weighted by Gasteiger charge is 2.76. The van der Waals surface area contributed by atoms with Crippen LogP contribution < -0.4 is 0 Å². The highest BCUT2D eigenvalue weighted by molar-refractivity contribution is 6.23. The van der Waals surface area contributed by atoms with Crippen molar-refractivity contribution in [1.82, 2.24) is 0 Å². The van der Waals surface area contributed by atoms with Gasteiger partial charge in [-0.05, 0) is 49.8 Å². The lowest BCUT2D eigenvalue weighted by Crippen LogP contribution is -2.70. The summed E-state index contributed by atoms with van der Waals surface area (Å²) in [6.45, 7) is 2.19. The Morgan fingerprint density at radius 2 is 1.90 bits per heavy atom. The Labute approximate surface area is 173 Å². The molecule has 8 heteroatoms. The lowest BCUT2D eigenvalue weighted by molar-refractivity contribution is -0.221. The van der Waals surface area contributed by atoms with E-state index in [1.54, 1.807) is 13.8 Å². The molecule has 0 aromatic carbocycles. The molecule has 0 aliphatic heterocycles. The number of rotatable bonds is 2. The van der Waals surface area contributed by atoms with E-state index in [-0.39, 0.29) is 25.0 Å². The summed E-state index contributed by atoms with van der Waals surface area (Å²) < 4.78 is 16.9. The molecule has 9 atom stereocenters. The van der Waals surface area contributed by atoms with Crippen LogP contribution in [-0.4, -0.2) is 67.5 Å². The van der Waals surface area contributed by atoms with Gasteiger partial charge in [-0.25, -0.2) is 4.39 Å². The van der Waals surface area contributed by atoms with E-state index in [4.69, 9.17) is 11.6 Å². The number of Topliss-reactive ketones (excluding diaryl/α,β-unsaturated/α-hetero) is 1. The summed E-state index contributed by atoms with van der Waals surface area (Å²) in [5.74, 6) is -2.76. The normalized spacial score (nSPS) is 53.7. The molecule has 4 N–H and O–H groups in total. The van der Waals surface area contributed by atoms with Gasteiger partial charge in [-0.2, -0.15) is 0 Å². The number of ketones is 2. The summed E-state index contributed by atoms with van der Waals surface area (Å²) in [7, 11) is 0. The standard InChI is InChI=1S/C21H26ClFO6/c1-18-4-3-10(25)5-13(18)14(22)6-12-11-7-15(26)21(29,17(28)9-24)19(11,2)8-16(27)20(12,18)23/h3-5,11-12,14-16,24,26-27,29H,6-9H2,1-2H3/t11?,12?,14-,15?,16?,18?,19?,20-,21-/m0/s1. The number of fused-ring (bicyclic) bond motifs is 5. The summed E-state index contributed by atoms with van der Waals surface area (Å²) in [6, 6.07) is 0. The van der Waals surface area contributed by atoms with Gasteiger partial charge in [0.25, 0.3) is 0 Å². The van der Waals surface area contributed by atoms with Gasteiger partial charge in [-0.1, -0.05) is 13.0 Å². The van der Waals surface area contributed by atoms with Crippen LogP contribution in [0.25, 0.3) is 0 Å². The lowest BCUT2D eigenvalue weighted by atomic mass is 9.44. The van der Waals surface area contributed by atoms with E-state index in [0.29, 0.717) is 5.57 Å². The highest BCUT2D eigenvalue weighted by atomic mass is 35.5. The second kappa shape index (κ2) is 6.20. The summed E-state index contributed by atoms with van der Waals surface area (Å²) in [5, 5.41) is 41.6. The van der Waals surface area contributed by atoms with Crippen LogP contribution in [0.4, 0.5) is 4.39 Å². The predicted octanol–water partition coefficient (Wildman–Crippen LogP) is 0.838. The number of hydrogen-bond acceptors (Lipinski definition) is 6. The topological polar surface area (TPSA) is 115 Å². The molecule has 29 heavy (non-hydrogen) atoms. The van der Waals surface area contributed by atoms with Crippen LogP contribution in [0, 0.1) is 22.7 Å². The van der Waals surface area contributed by atoms with Gasteiger partial charge in [0, 0.05) is 16.7 Å². The number of carbonyl (C=O) groups is 2. The summed E-state index contributed by atoms with van der Waals surface area (Å²) in [4.78, 5) is 24.3. The van der Waals surface area contributed by atoms with Crippen molar-refractivity contribution >= 4 is 23.2 Å². The van der Waals surface area contributed by atoms with E-state index < -0.39 is 63.9 Å². The van der Waals surface area contributed by atoms with Crippen LogP contribution in [0.2, 0.25) is 0 Å². The van der Waals surface area contributed by atoms with E-state index in [0.717, 1.165) is 0 Å². The molecule has 0 saturated heterocycles. The fourth-order valence-corrected chi connectivity index (χ4v) is 7.32. The summed E-state index contributed by atoms with van der Waals surface area (Å²) in [5.41, 5.74) is -6.74. The Kier molecular flexibility index (Phi) is 4.52. The van der Waals surface area contributed by atoms with E-state index in [2.05, 4.69) is 0 Å². The van der Waals surface area contributed by atoms with Gasteiger partial charge in [0.2, 0.25) is 0 Å². The third-order valence-corrected chi connectivity index (χ3v) is 8.83. The van der Waals surface area contributed by atoms with Crippen molar-refractivity contribution in [1.29, 1.82) is 0 Å². The Morgan fingerprint density at radius 3 is 2.52 bits per heavy atom. The largest absolute Gasteiger partial charge is 0.390 e. The fourth-order valence-electron chi connectivity index (χ4n) is 6.84. The molecule has 0 spiro atoms. The summed E-state index contributed by atoms with van der Waals surface area (Å²) in [6.07, 6.45) is 0.742. The molecule has 4 aliphatic carbocycles. The minimum Gasteiger partial charge on any atom is -0.390 e. The van der Waals surface area contributed by atoms with E-state index in [1.807, 2.05) is 0 Å².